The van der Waals surface area contributed by atoms with Gasteiger partial charge in [-0.1, -0.05) is 45.3 Å². The summed E-state index contributed by atoms with van der Waals surface area (Å²) in [4.78, 5) is 0. The highest BCUT2D eigenvalue weighted by Gasteiger charge is 2.59. The van der Waals surface area contributed by atoms with Crippen molar-refractivity contribution in [2.45, 2.75) is 110 Å². The molecule has 0 aromatic carbocycles. The van der Waals surface area contributed by atoms with E-state index in [9.17, 15) is 15.3 Å². The average molecular weight is 419 g/mol. The summed E-state index contributed by atoms with van der Waals surface area (Å²) in [6, 6.07) is 0. The molecule has 3 fully saturated rings. The van der Waals surface area contributed by atoms with Crippen LogP contribution >= 0.6 is 0 Å². The number of aliphatic hydroxyl groups is 3. The molecule has 2 unspecified atom stereocenters. The van der Waals surface area contributed by atoms with Gasteiger partial charge in [-0.15, -0.1) is 0 Å². The third-order valence-electron chi connectivity index (χ3n) is 10.6. The average Bonchev–Trinajstić information content (AvgIpc) is 3.05. The molecule has 0 bridgehead atoms. The maximum absolute atomic E-state index is 10.2. The van der Waals surface area contributed by atoms with Gasteiger partial charge >= 0.3 is 0 Å². The molecule has 3 saturated carbocycles. The smallest absolute Gasteiger partial charge is 0.0849 e. The van der Waals surface area contributed by atoms with E-state index >= 15 is 0 Å². The fourth-order valence-corrected chi connectivity index (χ4v) is 8.70. The van der Waals surface area contributed by atoms with E-state index in [1.807, 2.05) is 0 Å². The van der Waals surface area contributed by atoms with Crippen molar-refractivity contribution in [2.75, 3.05) is 6.61 Å². The van der Waals surface area contributed by atoms with Gasteiger partial charge < -0.3 is 15.3 Å². The first-order valence-electron chi connectivity index (χ1n) is 12.8. The Morgan fingerprint density at radius 2 is 1.90 bits per heavy atom. The fourth-order valence-electron chi connectivity index (χ4n) is 8.70. The Balaban J connectivity index is 1.45. The molecule has 0 spiro atoms. The topological polar surface area (TPSA) is 60.7 Å². The Bertz CT molecular complexity index is 654. The first-order chi connectivity index (χ1) is 14.1. The van der Waals surface area contributed by atoms with E-state index in [4.69, 9.17) is 0 Å². The molecular weight excluding hydrogens is 372 g/mol. The molecule has 4 aliphatic carbocycles. The Labute approximate surface area is 184 Å². The van der Waals surface area contributed by atoms with E-state index in [1.165, 1.54) is 38.5 Å². The molecule has 0 saturated heterocycles. The highest BCUT2D eigenvalue weighted by molar-refractivity contribution is 5.25. The molecule has 30 heavy (non-hydrogen) atoms. The zero-order chi connectivity index (χ0) is 21.7. The van der Waals surface area contributed by atoms with E-state index in [-0.39, 0.29) is 12.7 Å². The molecule has 3 N–H and O–H groups in total. The van der Waals surface area contributed by atoms with Gasteiger partial charge in [0, 0.05) is 0 Å². The zero-order valence-corrected chi connectivity index (χ0v) is 19.9. The second-order valence-electron chi connectivity index (χ2n) is 12.4. The second kappa shape index (κ2) is 8.19. The lowest BCUT2D eigenvalue weighted by molar-refractivity contribution is -0.0579. The van der Waals surface area contributed by atoms with E-state index < -0.39 is 5.60 Å². The summed E-state index contributed by atoms with van der Waals surface area (Å²) < 4.78 is 0. The molecule has 0 radical (unpaired) electrons. The summed E-state index contributed by atoms with van der Waals surface area (Å²) in [5.74, 6) is 4.00. The lowest BCUT2D eigenvalue weighted by Crippen LogP contribution is -2.50. The summed E-state index contributed by atoms with van der Waals surface area (Å²) in [7, 11) is 0. The summed E-state index contributed by atoms with van der Waals surface area (Å²) in [5.41, 5.74) is 1.46. The predicted molar refractivity (Wildman–Crippen MR) is 122 cm³/mol. The maximum Gasteiger partial charge on any atom is 0.0849 e. The fraction of sp³-hybridized carbons (Fsp3) is 0.926. The second-order valence-corrected chi connectivity index (χ2v) is 12.4. The largest absolute Gasteiger partial charge is 0.393 e. The van der Waals surface area contributed by atoms with Gasteiger partial charge in [-0.2, -0.15) is 0 Å². The molecule has 4 rings (SSSR count). The molecular formula is C27H46O3. The molecule has 172 valence electrons. The van der Waals surface area contributed by atoms with E-state index in [1.54, 1.807) is 12.5 Å². The SMILES string of the molecule is C[C@H](CCCC(C)(O)CO)[C@H]1CC[C@H]2[C@@H]3CC=C4CC(O)CC[C@]4(C)[C@H]3CC[C@]12C. The van der Waals surface area contributed by atoms with Crippen LogP contribution in [0.4, 0.5) is 0 Å². The molecule has 0 heterocycles. The first-order valence-corrected chi connectivity index (χ1v) is 12.8. The molecule has 0 aromatic heterocycles. The van der Waals surface area contributed by atoms with Crippen LogP contribution in [0.2, 0.25) is 0 Å². The highest BCUT2D eigenvalue weighted by atomic mass is 16.3. The highest BCUT2D eigenvalue weighted by Crippen LogP contribution is 2.67. The van der Waals surface area contributed by atoms with Gasteiger partial charge in [0.05, 0.1) is 18.3 Å². The monoisotopic (exact) mass is 418 g/mol. The molecule has 4 aliphatic rings. The molecule has 3 heteroatoms. The minimum absolute atomic E-state index is 0.113. The van der Waals surface area contributed by atoms with Crippen LogP contribution in [0.25, 0.3) is 0 Å². The summed E-state index contributed by atoms with van der Waals surface area (Å²) in [5, 5.41) is 29.7. The normalized spacial score (nSPS) is 46.2. The van der Waals surface area contributed by atoms with Gasteiger partial charge in [0.25, 0.3) is 0 Å². The van der Waals surface area contributed by atoms with E-state index in [0.29, 0.717) is 23.2 Å². The summed E-state index contributed by atoms with van der Waals surface area (Å²) >= 11 is 0. The van der Waals surface area contributed by atoms with Crippen LogP contribution < -0.4 is 0 Å². The van der Waals surface area contributed by atoms with Crippen LogP contribution in [0.3, 0.4) is 0 Å². The Morgan fingerprint density at radius 3 is 2.63 bits per heavy atom. The van der Waals surface area contributed by atoms with Crippen molar-refractivity contribution >= 4 is 0 Å². The molecule has 0 amide bonds. The van der Waals surface area contributed by atoms with Crippen molar-refractivity contribution in [3.63, 3.8) is 0 Å². The predicted octanol–water partition coefficient (Wildman–Crippen LogP) is 5.48. The number of aliphatic hydroxyl groups excluding tert-OH is 2. The molecule has 0 aromatic rings. The van der Waals surface area contributed by atoms with Gasteiger partial charge in [0.1, 0.15) is 0 Å². The minimum Gasteiger partial charge on any atom is -0.393 e. The van der Waals surface area contributed by atoms with E-state index in [2.05, 4.69) is 26.8 Å². The molecule has 0 aliphatic heterocycles. The van der Waals surface area contributed by atoms with Crippen LogP contribution in [0.1, 0.15) is 98.3 Å². The van der Waals surface area contributed by atoms with Crippen molar-refractivity contribution in [3.8, 4) is 0 Å². The zero-order valence-electron chi connectivity index (χ0n) is 19.9. The van der Waals surface area contributed by atoms with E-state index in [0.717, 1.165) is 49.4 Å². The van der Waals surface area contributed by atoms with Crippen LogP contribution in [-0.2, 0) is 0 Å². The standard InChI is InChI=1S/C27H46O3/c1-18(6-5-13-25(2,30)17-28)22-9-10-23-21-8-7-19-16-20(29)11-14-26(19,3)24(21)12-15-27(22,23)4/h7,18,20-24,28-30H,5-6,8-17H2,1-4H3/t18-,20?,21+,22-,23+,24+,25?,26+,27-/m1/s1. The summed E-state index contributed by atoms with van der Waals surface area (Å²) in [6.07, 6.45) is 15.1. The minimum atomic E-state index is -0.922. The van der Waals surface area contributed by atoms with Crippen molar-refractivity contribution < 1.29 is 15.3 Å². The Hall–Kier alpha value is -0.380. The third kappa shape index (κ3) is 3.82. The third-order valence-corrected chi connectivity index (χ3v) is 10.6. The van der Waals surface area contributed by atoms with Gasteiger partial charge in [-0.3, -0.25) is 0 Å². The van der Waals surface area contributed by atoms with Crippen LogP contribution in [0.5, 0.6) is 0 Å². The first kappa shape index (κ1) is 22.8. The Kier molecular flexibility index (Phi) is 6.23. The number of hydrogen-bond donors (Lipinski definition) is 3. The van der Waals surface area contributed by atoms with Gasteiger partial charge in [0.15, 0.2) is 0 Å². The number of allylic oxidation sites excluding steroid dienone is 1. The molecule has 9 atom stereocenters. The van der Waals surface area contributed by atoms with Crippen LogP contribution in [0.15, 0.2) is 11.6 Å². The van der Waals surface area contributed by atoms with Gasteiger partial charge in [-0.25, -0.2) is 0 Å². The van der Waals surface area contributed by atoms with Gasteiger partial charge in [0.2, 0.25) is 0 Å². The van der Waals surface area contributed by atoms with Crippen molar-refractivity contribution in [1.82, 2.24) is 0 Å². The van der Waals surface area contributed by atoms with Crippen molar-refractivity contribution in [2.24, 2.45) is 40.4 Å². The van der Waals surface area contributed by atoms with Crippen molar-refractivity contribution in [3.05, 3.63) is 11.6 Å². The van der Waals surface area contributed by atoms with Crippen molar-refractivity contribution in [1.29, 1.82) is 0 Å². The quantitative estimate of drug-likeness (QED) is 0.501. The maximum atomic E-state index is 10.2. The van der Waals surface area contributed by atoms with Crippen LogP contribution in [-0.4, -0.2) is 33.6 Å². The number of fused-ring (bicyclic) bond motifs is 5. The van der Waals surface area contributed by atoms with Crippen LogP contribution in [0, 0.1) is 40.4 Å². The Morgan fingerprint density at radius 1 is 1.13 bits per heavy atom. The number of hydrogen-bond acceptors (Lipinski definition) is 3. The number of rotatable bonds is 6. The van der Waals surface area contributed by atoms with Gasteiger partial charge in [-0.05, 0) is 105 Å². The molecule has 3 nitrogen and oxygen atoms in total. The lowest BCUT2D eigenvalue weighted by atomic mass is 9.47. The summed E-state index contributed by atoms with van der Waals surface area (Å²) in [6.45, 7) is 9.19. The lowest BCUT2D eigenvalue weighted by Gasteiger charge is -2.58.